The molecule has 4 nitrogen and oxygen atoms in total. The monoisotopic (exact) mass is 699 g/mol. The molecule has 0 amide bonds. The molecule has 2 heterocycles. The molecule has 254 valence electrons. The fourth-order valence-corrected chi connectivity index (χ4v) is 8.25. The molecular formula is C50H30BN3O. The van der Waals surface area contributed by atoms with Crippen LogP contribution in [0.2, 0.25) is 0 Å². The maximum Gasteiger partial charge on any atom is 0.256 e. The second-order valence-electron chi connectivity index (χ2n) is 13.9. The lowest BCUT2D eigenvalue weighted by atomic mass is 9.33. The highest BCUT2D eigenvalue weighted by Crippen LogP contribution is 2.46. The lowest BCUT2D eigenvalue weighted by Gasteiger charge is -2.41. The van der Waals surface area contributed by atoms with E-state index in [1.807, 2.05) is 84.9 Å². The molecule has 2 aliphatic rings. The molecular weight excluding hydrogens is 669 g/mol. The lowest BCUT2D eigenvalue weighted by molar-refractivity contribution is 0.486. The predicted octanol–water partition coefficient (Wildman–Crippen LogP) is 10.5. The largest absolute Gasteiger partial charge is 0.457 e. The molecule has 0 fully saturated rings. The van der Waals surface area contributed by atoms with Crippen LogP contribution in [-0.4, -0.2) is 6.71 Å². The van der Waals surface area contributed by atoms with Crippen LogP contribution >= 0.6 is 0 Å². The van der Waals surface area contributed by atoms with E-state index >= 15 is 0 Å². The fraction of sp³-hybridized carbons (Fsp3) is 0. The van der Waals surface area contributed by atoms with E-state index < -0.39 is 0 Å². The Bertz CT molecular complexity index is 2840. The normalized spacial score (nSPS) is 12.0. The number of hydrogen-bond acceptors (Lipinski definition) is 4. The van der Waals surface area contributed by atoms with Crippen LogP contribution in [-0.2, 0) is 0 Å². The van der Waals surface area contributed by atoms with E-state index in [0.717, 1.165) is 78.0 Å². The van der Waals surface area contributed by atoms with Gasteiger partial charge in [0.25, 0.3) is 6.71 Å². The van der Waals surface area contributed by atoms with E-state index in [2.05, 4.69) is 114 Å². The van der Waals surface area contributed by atoms with E-state index in [9.17, 15) is 10.5 Å². The molecule has 10 rings (SSSR count). The highest BCUT2D eigenvalue weighted by Gasteiger charge is 2.44. The summed E-state index contributed by atoms with van der Waals surface area (Å²) in [6, 6.07) is 67.3. The average Bonchev–Trinajstić information content (AvgIpc) is 3.26. The Morgan fingerprint density at radius 1 is 0.436 bits per heavy atom. The Morgan fingerprint density at radius 2 is 0.891 bits per heavy atom. The van der Waals surface area contributed by atoms with Gasteiger partial charge in [-0.2, -0.15) is 10.5 Å². The van der Waals surface area contributed by atoms with Crippen molar-refractivity contribution in [2.24, 2.45) is 0 Å². The lowest BCUT2D eigenvalue weighted by Crippen LogP contribution is -2.60. The van der Waals surface area contributed by atoms with E-state index in [1.54, 1.807) is 0 Å². The molecule has 0 saturated heterocycles. The van der Waals surface area contributed by atoms with E-state index in [1.165, 1.54) is 0 Å². The van der Waals surface area contributed by atoms with Crippen molar-refractivity contribution in [3.8, 4) is 68.1 Å². The highest BCUT2D eigenvalue weighted by atomic mass is 16.5. The number of benzene rings is 8. The van der Waals surface area contributed by atoms with Crippen LogP contribution in [0, 0.1) is 22.7 Å². The topological polar surface area (TPSA) is 60.0 Å². The summed E-state index contributed by atoms with van der Waals surface area (Å²) >= 11 is 0. The standard InChI is InChI=1S/C50H30BN3O/c52-31-41-25-38(34-15-7-2-8-16-34)27-44-49(41)54(43-23-21-37(22-24-43)33-13-5-1-6-14-33)46-29-40(36-19-11-4-12-20-36)30-47-48(46)51(44)45-28-39(35-17-9-3-10-18-35)26-42(32-53)50(45)55-47/h1-30H. The summed E-state index contributed by atoms with van der Waals surface area (Å²) in [7, 11) is 0. The number of rotatable bonds is 5. The molecule has 0 unspecified atom stereocenters. The van der Waals surface area contributed by atoms with E-state index in [-0.39, 0.29) is 6.71 Å². The Kier molecular flexibility index (Phi) is 7.65. The van der Waals surface area contributed by atoms with Crippen molar-refractivity contribution in [1.82, 2.24) is 0 Å². The van der Waals surface area contributed by atoms with Crippen molar-refractivity contribution in [1.29, 1.82) is 10.5 Å². The summed E-state index contributed by atoms with van der Waals surface area (Å²) < 4.78 is 6.93. The predicted molar refractivity (Wildman–Crippen MR) is 223 cm³/mol. The smallest absolute Gasteiger partial charge is 0.256 e. The number of hydrogen-bond donors (Lipinski definition) is 0. The average molecular weight is 700 g/mol. The SMILES string of the molecule is N#Cc1cc(-c2ccccc2)cc2c1Oc1cc(-c3ccccc3)cc3c1B2c1cc(-c2ccccc2)cc(C#N)c1N3c1ccc(-c2ccccc2)cc1. The van der Waals surface area contributed by atoms with Gasteiger partial charge in [0, 0.05) is 11.4 Å². The van der Waals surface area contributed by atoms with Crippen LogP contribution in [0.3, 0.4) is 0 Å². The van der Waals surface area contributed by atoms with Crippen LogP contribution < -0.4 is 26.0 Å². The van der Waals surface area contributed by atoms with Gasteiger partial charge in [-0.1, -0.05) is 146 Å². The Morgan fingerprint density at radius 3 is 1.42 bits per heavy atom. The van der Waals surface area contributed by atoms with Crippen LogP contribution in [0.4, 0.5) is 17.1 Å². The summed E-state index contributed by atoms with van der Waals surface area (Å²) in [5, 5.41) is 21.7. The molecule has 0 N–H and O–H groups in total. The maximum atomic E-state index is 11.1. The quantitative estimate of drug-likeness (QED) is 0.168. The molecule has 0 saturated carbocycles. The summed E-state index contributed by atoms with van der Waals surface area (Å²) in [6.07, 6.45) is 0. The molecule has 2 aliphatic heterocycles. The first kappa shape index (κ1) is 32.1. The van der Waals surface area contributed by atoms with Crippen molar-refractivity contribution in [2.45, 2.75) is 0 Å². The third-order valence-corrected chi connectivity index (χ3v) is 10.8. The highest BCUT2D eigenvalue weighted by molar-refractivity contribution is 6.99. The van der Waals surface area contributed by atoms with Gasteiger partial charge < -0.3 is 9.64 Å². The van der Waals surface area contributed by atoms with Crippen LogP contribution in [0.15, 0.2) is 182 Å². The third kappa shape index (κ3) is 5.38. The number of ether oxygens (including phenoxy) is 1. The minimum atomic E-state index is -0.333. The molecule has 0 aromatic heterocycles. The van der Waals surface area contributed by atoms with Crippen molar-refractivity contribution in [3.63, 3.8) is 0 Å². The number of fused-ring (bicyclic) bond motifs is 4. The van der Waals surface area contributed by atoms with Gasteiger partial charge in [-0.3, -0.25) is 0 Å². The molecule has 0 radical (unpaired) electrons. The molecule has 0 spiro atoms. The van der Waals surface area contributed by atoms with Crippen molar-refractivity contribution in [2.75, 3.05) is 4.90 Å². The fourth-order valence-electron chi connectivity index (χ4n) is 8.25. The van der Waals surface area contributed by atoms with Crippen molar-refractivity contribution >= 4 is 40.2 Å². The van der Waals surface area contributed by atoms with Crippen LogP contribution in [0.5, 0.6) is 11.5 Å². The minimum absolute atomic E-state index is 0.333. The second kappa shape index (κ2) is 13.1. The van der Waals surface area contributed by atoms with Gasteiger partial charge in [0.15, 0.2) is 0 Å². The summed E-state index contributed by atoms with van der Waals surface area (Å²) in [4.78, 5) is 2.24. The summed E-state index contributed by atoms with van der Waals surface area (Å²) in [6.45, 7) is -0.333. The molecule has 5 heteroatoms. The first-order chi connectivity index (χ1) is 27.2. The van der Waals surface area contributed by atoms with Crippen molar-refractivity contribution < 1.29 is 4.74 Å². The second-order valence-corrected chi connectivity index (χ2v) is 13.9. The van der Waals surface area contributed by atoms with Crippen molar-refractivity contribution in [3.05, 3.63) is 193 Å². The van der Waals surface area contributed by atoms with Gasteiger partial charge in [0.2, 0.25) is 0 Å². The maximum absolute atomic E-state index is 11.1. The van der Waals surface area contributed by atoms with Gasteiger partial charge in [-0.15, -0.1) is 0 Å². The number of nitriles is 2. The zero-order valence-electron chi connectivity index (χ0n) is 29.6. The van der Waals surface area contributed by atoms with Gasteiger partial charge in [0.05, 0.1) is 16.8 Å². The van der Waals surface area contributed by atoms with Gasteiger partial charge in [0.1, 0.15) is 23.6 Å². The van der Waals surface area contributed by atoms with Crippen LogP contribution in [0.25, 0.3) is 44.5 Å². The van der Waals surface area contributed by atoms with E-state index in [4.69, 9.17) is 4.74 Å². The zero-order valence-corrected chi connectivity index (χ0v) is 29.6. The van der Waals surface area contributed by atoms with Crippen LogP contribution in [0.1, 0.15) is 11.1 Å². The first-order valence-electron chi connectivity index (χ1n) is 18.3. The summed E-state index contributed by atoms with van der Waals surface area (Å²) in [5.74, 6) is 1.24. The third-order valence-electron chi connectivity index (χ3n) is 10.8. The molecule has 55 heavy (non-hydrogen) atoms. The van der Waals surface area contributed by atoms with Gasteiger partial charge >= 0.3 is 0 Å². The Balaban J connectivity index is 1.30. The Hall–Kier alpha value is -7.60. The molecule has 0 atom stereocenters. The summed E-state index contributed by atoms with van der Waals surface area (Å²) in [5.41, 5.74) is 14.8. The zero-order chi connectivity index (χ0) is 36.9. The molecule has 0 aliphatic carbocycles. The first-order valence-corrected chi connectivity index (χ1v) is 18.3. The Labute approximate surface area is 320 Å². The van der Waals surface area contributed by atoms with Gasteiger partial charge in [-0.25, -0.2) is 0 Å². The number of anilines is 3. The van der Waals surface area contributed by atoms with E-state index in [0.29, 0.717) is 22.6 Å². The minimum Gasteiger partial charge on any atom is -0.457 e. The van der Waals surface area contributed by atoms with Gasteiger partial charge in [-0.05, 0) is 97.3 Å². The number of nitrogens with zero attached hydrogens (tertiary/aromatic N) is 3. The molecule has 8 aromatic rings. The molecule has 0 bridgehead atoms. The molecule has 8 aromatic carbocycles.